The highest BCUT2D eigenvalue weighted by Crippen LogP contribution is 2.38. The first-order valence-electron chi connectivity index (χ1n) is 5.63. The average molecular weight is 323 g/mol. The van der Waals surface area contributed by atoms with E-state index in [1.807, 2.05) is 0 Å². The van der Waals surface area contributed by atoms with E-state index in [2.05, 4.69) is 10.1 Å². The fraction of sp³-hybridized carbons (Fsp3) is 0.333. The van der Waals surface area contributed by atoms with Crippen LogP contribution in [0.3, 0.4) is 0 Å². The molecule has 1 aromatic rings. The molecule has 2 N–H and O–H groups in total. The SMILES string of the molecule is COC(=O)C(O)CNC(=O)c1ccccc1SC(F)(F)F. The summed E-state index contributed by atoms with van der Waals surface area (Å²) in [4.78, 5) is 22.5. The predicted molar refractivity (Wildman–Crippen MR) is 68.7 cm³/mol. The molecule has 1 atom stereocenters. The Labute approximate surface area is 122 Å². The lowest BCUT2D eigenvalue weighted by Gasteiger charge is -2.13. The second-order valence-electron chi connectivity index (χ2n) is 3.79. The fourth-order valence-electron chi connectivity index (χ4n) is 1.37. The number of halogens is 3. The number of hydrogen-bond donors (Lipinski definition) is 2. The van der Waals surface area contributed by atoms with Gasteiger partial charge in [-0.2, -0.15) is 13.2 Å². The number of esters is 1. The van der Waals surface area contributed by atoms with Crippen molar-refractivity contribution < 1.29 is 32.6 Å². The Balaban J connectivity index is 2.77. The van der Waals surface area contributed by atoms with E-state index in [-0.39, 0.29) is 10.5 Å². The minimum Gasteiger partial charge on any atom is -0.467 e. The monoisotopic (exact) mass is 323 g/mol. The van der Waals surface area contributed by atoms with E-state index >= 15 is 0 Å². The van der Waals surface area contributed by atoms with Gasteiger partial charge >= 0.3 is 11.5 Å². The molecule has 1 aromatic carbocycles. The summed E-state index contributed by atoms with van der Waals surface area (Å²) < 4.78 is 41.4. The molecule has 116 valence electrons. The van der Waals surface area contributed by atoms with Gasteiger partial charge in [0, 0.05) is 4.90 Å². The Morgan fingerprint density at radius 1 is 1.38 bits per heavy atom. The maximum absolute atomic E-state index is 12.4. The Kier molecular flexibility index (Phi) is 6.03. The molecule has 0 aromatic heterocycles. The van der Waals surface area contributed by atoms with Gasteiger partial charge in [-0.25, -0.2) is 4.79 Å². The van der Waals surface area contributed by atoms with Gasteiger partial charge < -0.3 is 15.2 Å². The fourth-order valence-corrected chi connectivity index (χ4v) is 2.04. The molecule has 0 bridgehead atoms. The van der Waals surface area contributed by atoms with Crippen molar-refractivity contribution in [2.75, 3.05) is 13.7 Å². The first-order chi connectivity index (χ1) is 9.74. The van der Waals surface area contributed by atoms with Crippen LogP contribution in [0.2, 0.25) is 0 Å². The summed E-state index contributed by atoms with van der Waals surface area (Å²) in [5, 5.41) is 11.5. The van der Waals surface area contributed by atoms with E-state index in [4.69, 9.17) is 0 Å². The maximum atomic E-state index is 12.4. The van der Waals surface area contributed by atoms with Gasteiger partial charge in [0.25, 0.3) is 5.91 Å². The molecule has 0 saturated heterocycles. The number of aliphatic hydroxyl groups is 1. The minimum atomic E-state index is -4.53. The van der Waals surface area contributed by atoms with Gasteiger partial charge in [0.05, 0.1) is 19.2 Å². The van der Waals surface area contributed by atoms with Crippen molar-refractivity contribution in [2.24, 2.45) is 0 Å². The van der Waals surface area contributed by atoms with Crippen molar-refractivity contribution in [3.8, 4) is 0 Å². The van der Waals surface area contributed by atoms with E-state index < -0.39 is 41.8 Å². The molecule has 5 nitrogen and oxygen atoms in total. The van der Waals surface area contributed by atoms with Crippen LogP contribution in [0.1, 0.15) is 10.4 Å². The summed E-state index contributed by atoms with van der Waals surface area (Å²) in [6.45, 7) is -0.462. The molecule has 1 unspecified atom stereocenters. The van der Waals surface area contributed by atoms with E-state index in [1.165, 1.54) is 18.2 Å². The van der Waals surface area contributed by atoms with Crippen LogP contribution in [0.15, 0.2) is 29.2 Å². The highest BCUT2D eigenvalue weighted by molar-refractivity contribution is 8.00. The number of aliphatic hydroxyl groups excluding tert-OH is 1. The van der Waals surface area contributed by atoms with Gasteiger partial charge in [-0.15, -0.1) is 0 Å². The van der Waals surface area contributed by atoms with Crippen molar-refractivity contribution in [1.29, 1.82) is 0 Å². The summed E-state index contributed by atoms with van der Waals surface area (Å²) in [5.74, 6) is -1.78. The van der Waals surface area contributed by atoms with E-state index in [1.54, 1.807) is 0 Å². The average Bonchev–Trinajstić information content (AvgIpc) is 2.42. The van der Waals surface area contributed by atoms with Crippen LogP contribution >= 0.6 is 11.8 Å². The molecule has 0 saturated carbocycles. The van der Waals surface area contributed by atoms with Gasteiger partial charge in [0.1, 0.15) is 0 Å². The Morgan fingerprint density at radius 2 is 2.00 bits per heavy atom. The Morgan fingerprint density at radius 3 is 2.57 bits per heavy atom. The van der Waals surface area contributed by atoms with Crippen LogP contribution in [-0.4, -0.2) is 42.2 Å². The third kappa shape index (κ3) is 5.64. The molecule has 0 aliphatic rings. The number of rotatable bonds is 5. The normalized spacial score (nSPS) is 12.6. The number of alkyl halides is 3. The molecule has 1 amide bonds. The summed E-state index contributed by atoms with van der Waals surface area (Å²) in [6.07, 6.45) is -1.58. The minimum absolute atomic E-state index is 0.197. The molecule has 0 spiro atoms. The van der Waals surface area contributed by atoms with Crippen molar-refractivity contribution in [3.63, 3.8) is 0 Å². The third-order valence-electron chi connectivity index (χ3n) is 2.29. The first-order valence-corrected chi connectivity index (χ1v) is 6.45. The number of benzene rings is 1. The van der Waals surface area contributed by atoms with Crippen LogP contribution < -0.4 is 5.32 Å². The molecule has 0 aliphatic heterocycles. The number of thioether (sulfide) groups is 1. The Bertz CT molecular complexity index is 521. The number of ether oxygens (including phenoxy) is 1. The van der Waals surface area contributed by atoms with Crippen molar-refractivity contribution >= 4 is 23.6 Å². The number of methoxy groups -OCH3 is 1. The second-order valence-corrected chi connectivity index (χ2v) is 4.90. The summed E-state index contributed by atoms with van der Waals surface area (Å²) in [6, 6.07) is 5.15. The highest BCUT2D eigenvalue weighted by Gasteiger charge is 2.31. The number of amides is 1. The van der Waals surface area contributed by atoms with Crippen LogP contribution in [-0.2, 0) is 9.53 Å². The molecular weight excluding hydrogens is 311 g/mol. The zero-order valence-electron chi connectivity index (χ0n) is 10.8. The molecule has 0 heterocycles. The van der Waals surface area contributed by atoms with Crippen LogP contribution in [0.4, 0.5) is 13.2 Å². The van der Waals surface area contributed by atoms with Crippen molar-refractivity contribution in [1.82, 2.24) is 5.32 Å². The molecule has 0 radical (unpaired) electrons. The predicted octanol–water partition coefficient (Wildman–Crippen LogP) is 1.56. The third-order valence-corrected chi connectivity index (χ3v) is 3.09. The molecule has 0 fully saturated rings. The quantitative estimate of drug-likeness (QED) is 0.635. The molecule has 21 heavy (non-hydrogen) atoms. The smallest absolute Gasteiger partial charge is 0.446 e. The summed E-state index contributed by atoms with van der Waals surface area (Å²) in [7, 11) is 1.06. The van der Waals surface area contributed by atoms with Gasteiger partial charge in [-0.1, -0.05) is 12.1 Å². The lowest BCUT2D eigenvalue weighted by atomic mass is 10.2. The van der Waals surface area contributed by atoms with Crippen LogP contribution in [0.5, 0.6) is 0 Å². The van der Waals surface area contributed by atoms with Crippen molar-refractivity contribution in [3.05, 3.63) is 29.8 Å². The molecule has 9 heteroatoms. The first kappa shape index (κ1) is 17.3. The van der Waals surface area contributed by atoms with Crippen LogP contribution in [0, 0.1) is 0 Å². The zero-order valence-corrected chi connectivity index (χ0v) is 11.6. The second kappa shape index (κ2) is 7.32. The van der Waals surface area contributed by atoms with Crippen molar-refractivity contribution in [2.45, 2.75) is 16.5 Å². The lowest BCUT2D eigenvalue weighted by molar-refractivity contribution is -0.149. The van der Waals surface area contributed by atoms with E-state index in [0.29, 0.717) is 0 Å². The standard InChI is InChI=1S/C12H12F3NO4S/c1-20-11(19)8(17)6-16-10(18)7-4-2-3-5-9(7)21-12(13,14)15/h2-5,8,17H,6H2,1H3,(H,16,18). The number of hydrogen-bond acceptors (Lipinski definition) is 5. The zero-order chi connectivity index (χ0) is 16.0. The summed E-state index contributed by atoms with van der Waals surface area (Å²) in [5.41, 5.74) is -4.72. The van der Waals surface area contributed by atoms with Gasteiger partial charge in [-0.3, -0.25) is 4.79 Å². The van der Waals surface area contributed by atoms with E-state index in [0.717, 1.165) is 13.2 Å². The van der Waals surface area contributed by atoms with Crippen LogP contribution in [0.25, 0.3) is 0 Å². The largest absolute Gasteiger partial charge is 0.467 e. The van der Waals surface area contributed by atoms with Gasteiger partial charge in [-0.05, 0) is 23.9 Å². The number of carbonyl (C=O) groups is 2. The Hall–Kier alpha value is -1.74. The maximum Gasteiger partial charge on any atom is 0.446 e. The molecular formula is C12H12F3NO4S. The molecule has 0 aliphatic carbocycles. The number of nitrogens with one attached hydrogen (secondary N) is 1. The van der Waals surface area contributed by atoms with E-state index in [9.17, 15) is 27.9 Å². The molecule has 1 rings (SSSR count). The summed E-state index contributed by atoms with van der Waals surface area (Å²) >= 11 is -0.414. The number of carbonyl (C=O) groups excluding carboxylic acids is 2. The highest BCUT2D eigenvalue weighted by atomic mass is 32.2. The topological polar surface area (TPSA) is 75.6 Å². The van der Waals surface area contributed by atoms with Gasteiger partial charge in [0.2, 0.25) is 0 Å². The van der Waals surface area contributed by atoms with Gasteiger partial charge in [0.15, 0.2) is 6.10 Å². The lowest BCUT2D eigenvalue weighted by Crippen LogP contribution is -2.37.